The van der Waals surface area contributed by atoms with E-state index in [1.807, 2.05) is 18.2 Å². The lowest BCUT2D eigenvalue weighted by Crippen LogP contribution is -1.93. The summed E-state index contributed by atoms with van der Waals surface area (Å²) in [5, 5.41) is 0. The highest BCUT2D eigenvalue weighted by Crippen LogP contribution is 2.30. The first-order chi connectivity index (χ1) is 11.2. The summed E-state index contributed by atoms with van der Waals surface area (Å²) in [7, 11) is 0. The van der Waals surface area contributed by atoms with Crippen LogP contribution in [0.4, 0.5) is 4.39 Å². The molecule has 0 bridgehead atoms. The Morgan fingerprint density at radius 1 is 1.26 bits per heavy atom. The van der Waals surface area contributed by atoms with Crippen molar-refractivity contribution in [1.29, 1.82) is 0 Å². The molecule has 4 nitrogen and oxygen atoms in total. The molecule has 3 rings (SSSR count). The van der Waals surface area contributed by atoms with Gasteiger partial charge in [0.2, 0.25) is 5.89 Å². The fourth-order valence-corrected chi connectivity index (χ4v) is 2.45. The Bertz CT molecular complexity index is 831. The van der Waals surface area contributed by atoms with Gasteiger partial charge in [-0.25, -0.2) is 9.37 Å². The predicted octanol–water partition coefficient (Wildman–Crippen LogP) is 4.87. The number of halogens is 2. The molecule has 0 radical (unpaired) electrons. The average molecular weight is 375 g/mol. The first-order valence-electron chi connectivity index (χ1n) is 6.78. The third kappa shape index (κ3) is 3.65. The number of pyridine rings is 1. The van der Waals surface area contributed by atoms with E-state index in [1.54, 1.807) is 12.1 Å². The van der Waals surface area contributed by atoms with E-state index in [2.05, 4.69) is 32.5 Å². The van der Waals surface area contributed by atoms with Crippen LogP contribution in [0, 0.1) is 5.82 Å². The van der Waals surface area contributed by atoms with Crippen molar-refractivity contribution in [1.82, 2.24) is 9.97 Å². The second-order valence-corrected chi connectivity index (χ2v) is 5.59. The van der Waals surface area contributed by atoms with Crippen LogP contribution in [-0.2, 0) is 0 Å². The highest BCUT2D eigenvalue weighted by atomic mass is 79.9. The zero-order chi connectivity index (χ0) is 16.2. The quantitative estimate of drug-likeness (QED) is 0.597. The van der Waals surface area contributed by atoms with E-state index >= 15 is 0 Å². The Labute approximate surface area is 140 Å². The number of benzene rings is 1. The first kappa shape index (κ1) is 15.4. The molecule has 0 atom stereocenters. The molecule has 0 aliphatic rings. The Morgan fingerprint density at radius 2 is 2.13 bits per heavy atom. The SMILES string of the molecule is C=CCOc1cc(Br)cc(-c2nc(-c3ccc(F)cn3)co2)c1. The molecular weight excluding hydrogens is 363 g/mol. The lowest BCUT2D eigenvalue weighted by atomic mass is 10.2. The Kier molecular flexibility index (Phi) is 4.52. The van der Waals surface area contributed by atoms with E-state index < -0.39 is 5.82 Å². The Morgan fingerprint density at radius 3 is 2.87 bits per heavy atom. The monoisotopic (exact) mass is 374 g/mol. The summed E-state index contributed by atoms with van der Waals surface area (Å²) >= 11 is 3.43. The van der Waals surface area contributed by atoms with Crippen molar-refractivity contribution in [3.8, 4) is 28.6 Å². The molecule has 0 aliphatic heterocycles. The van der Waals surface area contributed by atoms with E-state index in [4.69, 9.17) is 9.15 Å². The van der Waals surface area contributed by atoms with Gasteiger partial charge in [-0.15, -0.1) is 0 Å². The van der Waals surface area contributed by atoms with Crippen molar-refractivity contribution in [2.75, 3.05) is 6.61 Å². The normalized spacial score (nSPS) is 10.5. The second kappa shape index (κ2) is 6.75. The molecule has 0 fully saturated rings. The fourth-order valence-electron chi connectivity index (χ4n) is 1.98. The summed E-state index contributed by atoms with van der Waals surface area (Å²) in [6.07, 6.45) is 4.30. The summed E-state index contributed by atoms with van der Waals surface area (Å²) in [5.74, 6) is 0.707. The molecule has 23 heavy (non-hydrogen) atoms. The summed E-state index contributed by atoms with van der Waals surface area (Å²) in [4.78, 5) is 8.38. The van der Waals surface area contributed by atoms with Gasteiger partial charge >= 0.3 is 0 Å². The molecule has 116 valence electrons. The van der Waals surface area contributed by atoms with Crippen LogP contribution in [0.2, 0.25) is 0 Å². The van der Waals surface area contributed by atoms with E-state index in [-0.39, 0.29) is 0 Å². The van der Waals surface area contributed by atoms with Crippen molar-refractivity contribution in [2.45, 2.75) is 0 Å². The van der Waals surface area contributed by atoms with Gasteiger partial charge in [-0.1, -0.05) is 28.6 Å². The minimum absolute atomic E-state index is 0.395. The first-order valence-corrected chi connectivity index (χ1v) is 7.57. The molecule has 2 aromatic heterocycles. The van der Waals surface area contributed by atoms with Crippen LogP contribution in [0.3, 0.4) is 0 Å². The van der Waals surface area contributed by atoms with Crippen molar-refractivity contribution in [3.05, 3.63) is 65.7 Å². The van der Waals surface area contributed by atoms with E-state index in [1.165, 1.54) is 12.3 Å². The maximum Gasteiger partial charge on any atom is 0.226 e. The van der Waals surface area contributed by atoms with Gasteiger partial charge in [0.25, 0.3) is 0 Å². The number of hydrogen-bond acceptors (Lipinski definition) is 4. The molecule has 0 saturated carbocycles. The van der Waals surface area contributed by atoms with Crippen LogP contribution in [-0.4, -0.2) is 16.6 Å². The third-order valence-electron chi connectivity index (χ3n) is 2.98. The molecule has 0 amide bonds. The van der Waals surface area contributed by atoms with Crippen LogP contribution in [0.1, 0.15) is 0 Å². The molecule has 0 spiro atoms. The van der Waals surface area contributed by atoms with Crippen molar-refractivity contribution in [3.63, 3.8) is 0 Å². The number of nitrogens with zero attached hydrogens (tertiary/aromatic N) is 2. The Balaban J connectivity index is 1.92. The van der Waals surface area contributed by atoms with E-state index in [0.29, 0.717) is 29.6 Å². The summed E-state index contributed by atoms with van der Waals surface area (Å²) < 4.78 is 24.8. The van der Waals surface area contributed by atoms with Crippen molar-refractivity contribution in [2.24, 2.45) is 0 Å². The minimum Gasteiger partial charge on any atom is -0.489 e. The number of hydrogen-bond donors (Lipinski definition) is 0. The molecule has 0 N–H and O–H groups in total. The molecule has 0 aliphatic carbocycles. The lowest BCUT2D eigenvalue weighted by Gasteiger charge is -2.05. The Hall–Kier alpha value is -2.47. The van der Waals surface area contributed by atoms with Gasteiger partial charge in [0, 0.05) is 10.0 Å². The predicted molar refractivity (Wildman–Crippen MR) is 88.5 cm³/mol. The van der Waals surface area contributed by atoms with Gasteiger partial charge in [-0.05, 0) is 30.3 Å². The van der Waals surface area contributed by atoms with E-state index in [0.717, 1.165) is 16.2 Å². The molecule has 1 aromatic carbocycles. The maximum atomic E-state index is 12.9. The summed E-state index contributed by atoms with van der Waals surface area (Å²) in [6, 6.07) is 8.42. The van der Waals surface area contributed by atoms with Crippen LogP contribution in [0.15, 0.2) is 64.3 Å². The lowest BCUT2D eigenvalue weighted by molar-refractivity contribution is 0.363. The average Bonchev–Trinajstić information content (AvgIpc) is 3.03. The van der Waals surface area contributed by atoms with Gasteiger partial charge in [-0.3, -0.25) is 4.98 Å². The largest absolute Gasteiger partial charge is 0.489 e. The van der Waals surface area contributed by atoms with Gasteiger partial charge in [0.15, 0.2) is 0 Å². The van der Waals surface area contributed by atoms with Crippen molar-refractivity contribution < 1.29 is 13.5 Å². The number of ether oxygens (including phenoxy) is 1. The van der Waals surface area contributed by atoms with Crippen LogP contribution < -0.4 is 4.74 Å². The smallest absolute Gasteiger partial charge is 0.226 e. The van der Waals surface area contributed by atoms with Gasteiger partial charge < -0.3 is 9.15 Å². The molecule has 0 saturated heterocycles. The standard InChI is InChI=1S/C17H12BrFN2O2/c1-2-5-22-14-7-11(6-12(18)8-14)17-21-16(10-23-17)15-4-3-13(19)9-20-15/h2-4,6-10H,1,5H2. The van der Waals surface area contributed by atoms with Gasteiger partial charge in [-0.2, -0.15) is 0 Å². The van der Waals surface area contributed by atoms with Gasteiger partial charge in [0.1, 0.15) is 30.1 Å². The van der Waals surface area contributed by atoms with Crippen LogP contribution in [0.5, 0.6) is 5.75 Å². The molecule has 0 unspecified atom stereocenters. The third-order valence-corrected chi connectivity index (χ3v) is 3.44. The highest BCUT2D eigenvalue weighted by molar-refractivity contribution is 9.10. The molecular formula is C17H12BrFN2O2. The number of aromatic nitrogens is 2. The fraction of sp³-hybridized carbons (Fsp3) is 0.0588. The van der Waals surface area contributed by atoms with Crippen LogP contribution >= 0.6 is 15.9 Å². The topological polar surface area (TPSA) is 48.2 Å². The molecule has 6 heteroatoms. The van der Waals surface area contributed by atoms with Gasteiger partial charge in [0.05, 0.1) is 11.9 Å². The van der Waals surface area contributed by atoms with Crippen LogP contribution in [0.25, 0.3) is 22.8 Å². The maximum absolute atomic E-state index is 12.9. The molecule has 3 aromatic rings. The summed E-state index contributed by atoms with van der Waals surface area (Å²) in [6.45, 7) is 4.03. The second-order valence-electron chi connectivity index (χ2n) is 4.67. The molecule has 2 heterocycles. The summed E-state index contributed by atoms with van der Waals surface area (Å²) in [5.41, 5.74) is 1.83. The van der Waals surface area contributed by atoms with Crippen molar-refractivity contribution >= 4 is 15.9 Å². The zero-order valence-corrected chi connectivity index (χ0v) is 13.6. The number of rotatable bonds is 5. The minimum atomic E-state index is -0.395. The number of oxazole rings is 1. The van der Waals surface area contributed by atoms with E-state index in [9.17, 15) is 4.39 Å². The highest BCUT2D eigenvalue weighted by Gasteiger charge is 2.11. The zero-order valence-electron chi connectivity index (χ0n) is 12.0.